The molecule has 0 spiro atoms. The van der Waals surface area contributed by atoms with E-state index in [1.807, 2.05) is 0 Å². The number of morpholine rings is 1. The van der Waals surface area contributed by atoms with Crippen molar-refractivity contribution in [2.75, 3.05) is 45.8 Å². The van der Waals surface area contributed by atoms with Gasteiger partial charge >= 0.3 is 6.03 Å². The van der Waals surface area contributed by atoms with E-state index in [2.05, 4.69) is 10.6 Å². The summed E-state index contributed by atoms with van der Waals surface area (Å²) in [5.41, 5.74) is 0.833. The Labute approximate surface area is 146 Å². The number of benzene rings is 1. The Bertz CT molecular complexity index is 597. The third-order valence-electron chi connectivity index (χ3n) is 3.77. The molecule has 1 aromatic carbocycles. The maximum absolute atomic E-state index is 12.5. The topological polar surface area (TPSA) is 79.9 Å². The molecule has 1 saturated heterocycles. The summed E-state index contributed by atoms with van der Waals surface area (Å²) >= 11 is 6.12. The van der Waals surface area contributed by atoms with Gasteiger partial charge in [0.15, 0.2) is 0 Å². The van der Waals surface area contributed by atoms with Gasteiger partial charge < -0.3 is 25.0 Å². The van der Waals surface area contributed by atoms with Crippen molar-refractivity contribution in [2.45, 2.75) is 12.5 Å². The minimum atomic E-state index is -0.267. The van der Waals surface area contributed by atoms with Gasteiger partial charge in [0.2, 0.25) is 0 Å². The zero-order valence-electron chi connectivity index (χ0n) is 13.8. The standard InChI is InChI=1S/C16H22ClN3O4/c1-18-15(21)11-3-4-13(17)14(9-11)19-16(22)20-6-8-24-12(10-20)5-7-23-2/h3-4,9,12H,5-8,10H2,1-2H3,(H,18,21)(H,19,22). The lowest BCUT2D eigenvalue weighted by atomic mass is 10.2. The number of hydrogen-bond acceptors (Lipinski definition) is 4. The van der Waals surface area contributed by atoms with E-state index in [1.165, 1.54) is 0 Å². The molecular formula is C16H22ClN3O4. The first-order valence-electron chi connectivity index (χ1n) is 7.73. The van der Waals surface area contributed by atoms with Crippen molar-refractivity contribution in [3.63, 3.8) is 0 Å². The summed E-state index contributed by atoms with van der Waals surface area (Å²) in [4.78, 5) is 25.8. The third-order valence-corrected chi connectivity index (χ3v) is 4.10. The van der Waals surface area contributed by atoms with Gasteiger partial charge in [-0.2, -0.15) is 0 Å². The Balaban J connectivity index is 2.02. The minimum absolute atomic E-state index is 0.0443. The van der Waals surface area contributed by atoms with Gasteiger partial charge in [-0.3, -0.25) is 4.79 Å². The fourth-order valence-electron chi connectivity index (χ4n) is 2.43. The molecule has 0 aromatic heterocycles. The van der Waals surface area contributed by atoms with Gasteiger partial charge in [0.1, 0.15) is 0 Å². The molecule has 0 bridgehead atoms. The second-order valence-electron chi connectivity index (χ2n) is 5.42. The van der Waals surface area contributed by atoms with Crippen LogP contribution in [-0.2, 0) is 9.47 Å². The van der Waals surface area contributed by atoms with Crippen molar-refractivity contribution in [1.29, 1.82) is 0 Å². The van der Waals surface area contributed by atoms with Crippen LogP contribution < -0.4 is 10.6 Å². The molecule has 2 N–H and O–H groups in total. The Morgan fingerprint density at radius 2 is 2.25 bits per heavy atom. The van der Waals surface area contributed by atoms with Crippen molar-refractivity contribution in [1.82, 2.24) is 10.2 Å². The summed E-state index contributed by atoms with van der Waals surface area (Å²) in [7, 11) is 3.18. The van der Waals surface area contributed by atoms with Crippen LogP contribution in [0.4, 0.5) is 10.5 Å². The van der Waals surface area contributed by atoms with E-state index in [0.29, 0.717) is 42.6 Å². The molecule has 0 aliphatic carbocycles. The smallest absolute Gasteiger partial charge is 0.322 e. The molecule has 24 heavy (non-hydrogen) atoms. The fraction of sp³-hybridized carbons (Fsp3) is 0.500. The van der Waals surface area contributed by atoms with Crippen molar-refractivity contribution in [3.8, 4) is 0 Å². The molecule has 1 atom stereocenters. The van der Waals surface area contributed by atoms with Gasteiger partial charge in [-0.15, -0.1) is 0 Å². The summed E-state index contributed by atoms with van der Waals surface area (Å²) in [5, 5.41) is 5.68. The van der Waals surface area contributed by atoms with Crippen LogP contribution in [0.2, 0.25) is 5.02 Å². The molecular weight excluding hydrogens is 334 g/mol. The van der Waals surface area contributed by atoms with Gasteiger partial charge in [-0.25, -0.2) is 4.79 Å². The highest BCUT2D eigenvalue weighted by Gasteiger charge is 2.24. The Morgan fingerprint density at radius 3 is 2.96 bits per heavy atom. The normalized spacial score (nSPS) is 17.5. The number of amides is 3. The highest BCUT2D eigenvalue weighted by Crippen LogP contribution is 2.24. The summed E-state index contributed by atoms with van der Waals surface area (Å²) < 4.78 is 10.7. The van der Waals surface area contributed by atoms with Crippen LogP contribution in [-0.4, -0.2) is 63.4 Å². The Kier molecular flexibility index (Phi) is 6.84. The van der Waals surface area contributed by atoms with Gasteiger partial charge in [0, 0.05) is 39.4 Å². The molecule has 1 aromatic rings. The van der Waals surface area contributed by atoms with Crippen LogP contribution >= 0.6 is 11.6 Å². The predicted molar refractivity (Wildman–Crippen MR) is 91.7 cm³/mol. The number of nitrogens with zero attached hydrogens (tertiary/aromatic N) is 1. The average molecular weight is 356 g/mol. The van der Waals surface area contributed by atoms with E-state index in [1.54, 1.807) is 37.3 Å². The number of halogens is 1. The van der Waals surface area contributed by atoms with E-state index in [4.69, 9.17) is 21.1 Å². The fourth-order valence-corrected chi connectivity index (χ4v) is 2.59. The molecule has 0 radical (unpaired) electrons. The molecule has 8 heteroatoms. The monoisotopic (exact) mass is 355 g/mol. The van der Waals surface area contributed by atoms with Crippen LogP contribution in [0.3, 0.4) is 0 Å². The van der Waals surface area contributed by atoms with Gasteiger partial charge in [0.05, 0.1) is 23.4 Å². The summed E-state index contributed by atoms with van der Waals surface area (Å²) in [5.74, 6) is -0.242. The average Bonchev–Trinajstić information content (AvgIpc) is 2.61. The van der Waals surface area contributed by atoms with E-state index in [0.717, 1.165) is 6.42 Å². The molecule has 0 saturated carbocycles. The molecule has 1 fully saturated rings. The second kappa shape index (κ2) is 8.86. The first-order chi connectivity index (χ1) is 11.5. The first-order valence-corrected chi connectivity index (χ1v) is 8.11. The largest absolute Gasteiger partial charge is 0.385 e. The lowest BCUT2D eigenvalue weighted by molar-refractivity contribution is -0.0260. The molecule has 1 aliphatic rings. The maximum atomic E-state index is 12.5. The van der Waals surface area contributed by atoms with Crippen LogP contribution in [0.15, 0.2) is 18.2 Å². The first kappa shape index (κ1) is 18.5. The summed E-state index contributed by atoms with van der Waals surface area (Å²) in [6.45, 7) is 2.05. The summed E-state index contributed by atoms with van der Waals surface area (Å²) in [6, 6.07) is 4.48. The lowest BCUT2D eigenvalue weighted by Gasteiger charge is -2.33. The highest BCUT2D eigenvalue weighted by molar-refractivity contribution is 6.33. The van der Waals surface area contributed by atoms with E-state index >= 15 is 0 Å². The third kappa shape index (κ3) is 4.83. The number of urea groups is 1. The highest BCUT2D eigenvalue weighted by atomic mass is 35.5. The number of hydrogen-bond donors (Lipinski definition) is 2. The molecule has 1 heterocycles. The van der Waals surface area contributed by atoms with Gasteiger partial charge in [0.25, 0.3) is 5.91 Å². The van der Waals surface area contributed by atoms with Crippen molar-refractivity contribution in [3.05, 3.63) is 28.8 Å². The van der Waals surface area contributed by atoms with Crippen LogP contribution in [0.5, 0.6) is 0 Å². The SMILES string of the molecule is CNC(=O)c1ccc(Cl)c(NC(=O)N2CCOC(CCOC)C2)c1. The second-order valence-corrected chi connectivity index (χ2v) is 5.83. The Morgan fingerprint density at radius 1 is 1.46 bits per heavy atom. The van der Waals surface area contributed by atoms with Crippen LogP contribution in [0.1, 0.15) is 16.8 Å². The van der Waals surface area contributed by atoms with E-state index in [-0.39, 0.29) is 18.0 Å². The van der Waals surface area contributed by atoms with Crippen molar-refractivity contribution >= 4 is 29.2 Å². The van der Waals surface area contributed by atoms with Gasteiger partial charge in [-0.05, 0) is 24.6 Å². The molecule has 2 rings (SSSR count). The number of rotatable bonds is 5. The zero-order valence-corrected chi connectivity index (χ0v) is 14.6. The van der Waals surface area contributed by atoms with Crippen molar-refractivity contribution < 1.29 is 19.1 Å². The van der Waals surface area contributed by atoms with Crippen LogP contribution in [0, 0.1) is 0 Å². The molecule has 1 unspecified atom stereocenters. The lowest BCUT2D eigenvalue weighted by Crippen LogP contribution is -2.47. The van der Waals surface area contributed by atoms with E-state index in [9.17, 15) is 9.59 Å². The number of carbonyl (C=O) groups excluding carboxylic acids is 2. The molecule has 3 amide bonds. The predicted octanol–water partition coefficient (Wildman–Crippen LogP) is 1.97. The van der Waals surface area contributed by atoms with Gasteiger partial charge in [-0.1, -0.05) is 11.6 Å². The minimum Gasteiger partial charge on any atom is -0.385 e. The quantitative estimate of drug-likeness (QED) is 0.846. The Hall–Kier alpha value is -1.83. The van der Waals surface area contributed by atoms with Crippen LogP contribution in [0.25, 0.3) is 0 Å². The molecule has 7 nitrogen and oxygen atoms in total. The molecule has 132 valence electrons. The number of methoxy groups -OCH3 is 1. The summed E-state index contributed by atoms with van der Waals surface area (Å²) in [6.07, 6.45) is 0.685. The number of nitrogens with one attached hydrogen (secondary N) is 2. The molecule has 1 aliphatic heterocycles. The number of carbonyl (C=O) groups is 2. The maximum Gasteiger partial charge on any atom is 0.322 e. The van der Waals surface area contributed by atoms with Crippen molar-refractivity contribution in [2.24, 2.45) is 0 Å². The number of anilines is 1. The number of ether oxygens (including phenoxy) is 2. The van der Waals surface area contributed by atoms with E-state index < -0.39 is 0 Å². The zero-order chi connectivity index (χ0) is 17.5.